The molecule has 0 saturated heterocycles. The van der Waals surface area contributed by atoms with Crippen LogP contribution in [0, 0.1) is 0 Å². The van der Waals surface area contributed by atoms with Gasteiger partial charge in [-0.15, -0.1) is 11.6 Å². The molecular weight excluding hydrogens is 226 g/mol. The molecule has 1 heterocycles. The zero-order chi connectivity index (χ0) is 11.2. The minimum Gasteiger partial charge on any atom is -0.454 e. The second-order valence-corrected chi connectivity index (χ2v) is 3.72. The minimum atomic E-state index is 0.318. The smallest absolute Gasteiger partial charge is 0.231 e. The maximum Gasteiger partial charge on any atom is 0.231 e. The molecule has 0 atom stereocenters. The van der Waals surface area contributed by atoms with Crippen LogP contribution in [0.3, 0.4) is 0 Å². The van der Waals surface area contributed by atoms with E-state index in [1.807, 2.05) is 30.4 Å². The van der Waals surface area contributed by atoms with E-state index >= 15 is 0 Å². The van der Waals surface area contributed by atoms with E-state index in [4.69, 9.17) is 21.1 Å². The molecule has 4 heteroatoms. The number of hydrogen-bond acceptors (Lipinski definition) is 3. The van der Waals surface area contributed by atoms with Crippen molar-refractivity contribution in [2.24, 2.45) is 0 Å². The molecule has 0 unspecified atom stereocenters. The third-order valence-corrected chi connectivity index (χ3v) is 2.49. The molecule has 1 aliphatic rings. The highest BCUT2D eigenvalue weighted by Gasteiger charge is 2.16. The van der Waals surface area contributed by atoms with Crippen LogP contribution in [0.5, 0.6) is 11.5 Å². The molecule has 1 N–H and O–H groups in total. The molecule has 0 aromatic heterocycles. The van der Waals surface area contributed by atoms with Gasteiger partial charge in [0, 0.05) is 24.5 Å². The summed E-state index contributed by atoms with van der Waals surface area (Å²) in [6, 6.07) is 5.92. The van der Waals surface area contributed by atoms with E-state index in [0.29, 0.717) is 12.7 Å². The Morgan fingerprint density at radius 2 is 2.25 bits per heavy atom. The summed E-state index contributed by atoms with van der Waals surface area (Å²) in [6.07, 6.45) is 3.93. The summed E-state index contributed by atoms with van der Waals surface area (Å²) < 4.78 is 10.7. The summed E-state index contributed by atoms with van der Waals surface area (Å²) in [4.78, 5) is 0. The molecule has 1 aromatic carbocycles. The summed E-state index contributed by atoms with van der Waals surface area (Å²) in [5.74, 6) is 2.24. The molecule has 2 rings (SSSR count). The average molecular weight is 240 g/mol. The fourth-order valence-corrected chi connectivity index (χ4v) is 1.69. The van der Waals surface area contributed by atoms with Crippen molar-refractivity contribution in [2.75, 3.05) is 19.2 Å². The predicted molar refractivity (Wildman–Crippen MR) is 64.1 cm³/mol. The molecule has 0 radical (unpaired) electrons. The first kappa shape index (κ1) is 11.3. The highest BCUT2D eigenvalue weighted by atomic mass is 35.5. The molecule has 0 bridgehead atoms. The van der Waals surface area contributed by atoms with Gasteiger partial charge >= 0.3 is 0 Å². The molecule has 86 valence electrons. The van der Waals surface area contributed by atoms with Crippen LogP contribution in [0.15, 0.2) is 30.4 Å². The van der Waals surface area contributed by atoms with Crippen molar-refractivity contribution in [1.29, 1.82) is 0 Å². The third kappa shape index (κ3) is 2.68. The largest absolute Gasteiger partial charge is 0.454 e. The molecule has 1 aliphatic heterocycles. The highest BCUT2D eigenvalue weighted by molar-refractivity contribution is 6.18. The molecule has 0 aliphatic carbocycles. The van der Waals surface area contributed by atoms with Crippen LogP contribution in [0.4, 0.5) is 0 Å². The van der Waals surface area contributed by atoms with Gasteiger partial charge in [-0.2, -0.15) is 0 Å². The van der Waals surface area contributed by atoms with Gasteiger partial charge in [0.25, 0.3) is 0 Å². The van der Waals surface area contributed by atoms with E-state index in [2.05, 4.69) is 5.32 Å². The number of hydrogen-bond donors (Lipinski definition) is 1. The topological polar surface area (TPSA) is 30.5 Å². The minimum absolute atomic E-state index is 0.318. The van der Waals surface area contributed by atoms with Gasteiger partial charge in [0.15, 0.2) is 11.5 Å². The standard InChI is InChI=1S/C12H14ClNO2/c13-6-1-2-7-14-8-10-4-3-5-11-12(10)16-9-15-11/h1-5,14H,6-9H2/b2-1+. The molecule has 0 saturated carbocycles. The number of rotatable bonds is 5. The Kier molecular flexibility index (Phi) is 4.08. The Morgan fingerprint density at radius 3 is 3.12 bits per heavy atom. The zero-order valence-corrected chi connectivity index (χ0v) is 9.67. The Hall–Kier alpha value is -1.19. The lowest BCUT2D eigenvalue weighted by Crippen LogP contribution is -2.13. The molecule has 16 heavy (non-hydrogen) atoms. The van der Waals surface area contributed by atoms with Crippen molar-refractivity contribution < 1.29 is 9.47 Å². The molecule has 0 fully saturated rings. The second kappa shape index (κ2) is 5.77. The van der Waals surface area contributed by atoms with Gasteiger partial charge in [0.2, 0.25) is 6.79 Å². The van der Waals surface area contributed by atoms with Crippen molar-refractivity contribution in [3.05, 3.63) is 35.9 Å². The fourth-order valence-electron chi connectivity index (χ4n) is 1.57. The van der Waals surface area contributed by atoms with Crippen LogP contribution in [0.1, 0.15) is 5.56 Å². The van der Waals surface area contributed by atoms with Crippen molar-refractivity contribution >= 4 is 11.6 Å². The molecule has 0 spiro atoms. The van der Waals surface area contributed by atoms with Gasteiger partial charge < -0.3 is 14.8 Å². The van der Waals surface area contributed by atoms with Crippen molar-refractivity contribution in [3.8, 4) is 11.5 Å². The molecule has 3 nitrogen and oxygen atoms in total. The highest BCUT2D eigenvalue weighted by Crippen LogP contribution is 2.34. The lowest BCUT2D eigenvalue weighted by molar-refractivity contribution is 0.173. The monoisotopic (exact) mass is 239 g/mol. The normalized spacial score (nSPS) is 13.6. The number of para-hydroxylation sites is 1. The quantitative estimate of drug-likeness (QED) is 0.486. The first-order valence-corrected chi connectivity index (χ1v) is 5.74. The molecule has 0 amide bonds. The van der Waals surface area contributed by atoms with Crippen LogP contribution < -0.4 is 14.8 Å². The van der Waals surface area contributed by atoms with E-state index in [0.717, 1.165) is 30.2 Å². The van der Waals surface area contributed by atoms with E-state index in [1.54, 1.807) is 0 Å². The van der Waals surface area contributed by atoms with E-state index in [-0.39, 0.29) is 0 Å². The van der Waals surface area contributed by atoms with Crippen molar-refractivity contribution in [3.63, 3.8) is 0 Å². The Balaban J connectivity index is 1.90. The van der Waals surface area contributed by atoms with E-state index < -0.39 is 0 Å². The Morgan fingerprint density at radius 1 is 1.31 bits per heavy atom. The fraction of sp³-hybridized carbons (Fsp3) is 0.333. The maximum atomic E-state index is 5.52. The predicted octanol–water partition coefficient (Wildman–Crippen LogP) is 2.30. The average Bonchev–Trinajstić information content (AvgIpc) is 2.77. The SMILES string of the molecule is ClC/C=C/CNCc1cccc2c1OCO2. The van der Waals surface area contributed by atoms with Crippen LogP contribution in [-0.4, -0.2) is 19.2 Å². The number of halogens is 1. The number of benzene rings is 1. The van der Waals surface area contributed by atoms with Crippen LogP contribution in [-0.2, 0) is 6.54 Å². The van der Waals surface area contributed by atoms with Crippen LogP contribution in [0.25, 0.3) is 0 Å². The summed E-state index contributed by atoms with van der Waals surface area (Å²) in [5, 5.41) is 3.29. The number of fused-ring (bicyclic) bond motifs is 1. The number of allylic oxidation sites excluding steroid dienone is 1. The van der Waals surface area contributed by atoms with Gasteiger partial charge in [0.05, 0.1) is 0 Å². The zero-order valence-electron chi connectivity index (χ0n) is 8.91. The summed E-state index contributed by atoms with van der Waals surface area (Å²) >= 11 is 5.52. The van der Waals surface area contributed by atoms with Gasteiger partial charge in [-0.1, -0.05) is 24.3 Å². The summed E-state index contributed by atoms with van der Waals surface area (Å²) in [6.45, 7) is 1.88. The van der Waals surface area contributed by atoms with Crippen molar-refractivity contribution in [1.82, 2.24) is 5.32 Å². The first-order chi connectivity index (χ1) is 7.92. The van der Waals surface area contributed by atoms with E-state index in [9.17, 15) is 0 Å². The Bertz CT molecular complexity index is 379. The molecule has 1 aromatic rings. The number of alkyl halides is 1. The van der Waals surface area contributed by atoms with Gasteiger partial charge in [-0.25, -0.2) is 0 Å². The lowest BCUT2D eigenvalue weighted by atomic mass is 10.2. The van der Waals surface area contributed by atoms with Crippen molar-refractivity contribution in [2.45, 2.75) is 6.54 Å². The van der Waals surface area contributed by atoms with Crippen LogP contribution in [0.2, 0.25) is 0 Å². The number of nitrogens with one attached hydrogen (secondary N) is 1. The maximum absolute atomic E-state index is 5.52. The lowest BCUT2D eigenvalue weighted by Gasteiger charge is -2.05. The Labute approximate surface area is 100 Å². The van der Waals surface area contributed by atoms with Gasteiger partial charge in [-0.05, 0) is 6.07 Å². The van der Waals surface area contributed by atoms with Gasteiger partial charge in [0.1, 0.15) is 0 Å². The molecular formula is C12H14ClNO2. The third-order valence-electron chi connectivity index (χ3n) is 2.31. The summed E-state index contributed by atoms with van der Waals surface area (Å²) in [5.41, 5.74) is 1.12. The van der Waals surface area contributed by atoms with Crippen LogP contribution >= 0.6 is 11.6 Å². The first-order valence-electron chi connectivity index (χ1n) is 5.21. The second-order valence-electron chi connectivity index (χ2n) is 3.41. The van der Waals surface area contributed by atoms with E-state index in [1.165, 1.54) is 0 Å². The summed E-state index contributed by atoms with van der Waals surface area (Å²) in [7, 11) is 0. The van der Waals surface area contributed by atoms with Gasteiger partial charge in [-0.3, -0.25) is 0 Å². The number of ether oxygens (including phenoxy) is 2.